The molecule has 27 heavy (non-hydrogen) atoms. The zero-order valence-corrected chi connectivity index (χ0v) is 15.4. The average Bonchev–Trinajstić information content (AvgIpc) is 2.83. The SMILES string of the molecule is COc1cc([N+](=O)[O-])cc(/C=C2/SC(=O)N(CC(=O)OC(C)C)C2=O)c1O. The fraction of sp³-hybridized carbons (Fsp3) is 0.312. The van der Waals surface area contributed by atoms with E-state index in [4.69, 9.17) is 9.47 Å². The van der Waals surface area contributed by atoms with Crippen molar-refractivity contribution in [1.82, 2.24) is 4.90 Å². The standard InChI is InChI=1S/C16H16N2O8S/c1-8(2)26-13(19)7-17-15(21)12(27-16(17)22)5-9-4-10(18(23)24)6-11(25-3)14(9)20/h4-6,8,20H,7H2,1-3H3/b12-5+. The largest absolute Gasteiger partial charge is 0.504 e. The van der Waals surface area contributed by atoms with Crippen LogP contribution in [0.1, 0.15) is 19.4 Å². The molecule has 2 rings (SSSR count). The minimum absolute atomic E-state index is 0.0729. The van der Waals surface area contributed by atoms with Crippen LogP contribution < -0.4 is 4.74 Å². The summed E-state index contributed by atoms with van der Waals surface area (Å²) in [6.07, 6.45) is 0.728. The van der Waals surface area contributed by atoms with Crippen LogP contribution in [0.25, 0.3) is 6.08 Å². The molecule has 0 unspecified atom stereocenters. The van der Waals surface area contributed by atoms with E-state index in [1.165, 1.54) is 7.11 Å². The summed E-state index contributed by atoms with van der Waals surface area (Å²) >= 11 is 0.543. The molecule has 0 atom stereocenters. The third-order valence-electron chi connectivity index (χ3n) is 3.33. The van der Waals surface area contributed by atoms with Crippen LogP contribution in [0.4, 0.5) is 10.5 Å². The van der Waals surface area contributed by atoms with E-state index in [2.05, 4.69) is 0 Å². The smallest absolute Gasteiger partial charge is 0.326 e. The highest BCUT2D eigenvalue weighted by molar-refractivity contribution is 8.18. The summed E-state index contributed by atoms with van der Waals surface area (Å²) in [5.41, 5.74) is -0.438. The second-order valence-electron chi connectivity index (χ2n) is 5.65. The van der Waals surface area contributed by atoms with Crippen molar-refractivity contribution in [3.63, 3.8) is 0 Å². The molecule has 11 heteroatoms. The van der Waals surface area contributed by atoms with Crippen molar-refractivity contribution in [1.29, 1.82) is 0 Å². The van der Waals surface area contributed by atoms with E-state index in [0.29, 0.717) is 16.7 Å². The molecule has 1 aliphatic heterocycles. The van der Waals surface area contributed by atoms with Crippen LogP contribution in [0, 0.1) is 10.1 Å². The Hall–Kier alpha value is -3.08. The number of phenolic OH excluding ortho intramolecular Hbond substituents is 1. The number of ether oxygens (including phenoxy) is 2. The van der Waals surface area contributed by atoms with Crippen molar-refractivity contribution in [2.24, 2.45) is 0 Å². The number of nitro groups is 1. The van der Waals surface area contributed by atoms with Gasteiger partial charge in [0, 0.05) is 11.6 Å². The van der Waals surface area contributed by atoms with Crippen LogP contribution in [-0.4, -0.2) is 51.8 Å². The Kier molecular flexibility index (Phi) is 6.05. The zero-order chi connectivity index (χ0) is 20.3. The van der Waals surface area contributed by atoms with Gasteiger partial charge in [-0.2, -0.15) is 0 Å². The van der Waals surface area contributed by atoms with E-state index in [0.717, 1.165) is 18.2 Å². The maximum absolute atomic E-state index is 12.4. The van der Waals surface area contributed by atoms with Gasteiger partial charge in [0.15, 0.2) is 11.5 Å². The first kappa shape index (κ1) is 20.2. The zero-order valence-electron chi connectivity index (χ0n) is 14.6. The number of carbonyl (C=O) groups is 3. The van der Waals surface area contributed by atoms with Crippen LogP contribution in [0.15, 0.2) is 17.0 Å². The van der Waals surface area contributed by atoms with Crippen LogP contribution >= 0.6 is 11.8 Å². The quantitative estimate of drug-likeness (QED) is 0.332. The minimum atomic E-state index is -0.768. The van der Waals surface area contributed by atoms with Crippen LogP contribution in [0.2, 0.25) is 0 Å². The van der Waals surface area contributed by atoms with Gasteiger partial charge in [0.25, 0.3) is 16.8 Å². The molecule has 1 aromatic carbocycles. The van der Waals surface area contributed by atoms with Gasteiger partial charge in [0.1, 0.15) is 6.54 Å². The monoisotopic (exact) mass is 396 g/mol. The van der Waals surface area contributed by atoms with Gasteiger partial charge in [0.05, 0.1) is 29.1 Å². The molecular formula is C16H16N2O8S. The van der Waals surface area contributed by atoms with Crippen LogP contribution in [-0.2, 0) is 14.3 Å². The highest BCUT2D eigenvalue weighted by Gasteiger charge is 2.37. The molecule has 0 radical (unpaired) electrons. The van der Waals surface area contributed by atoms with Gasteiger partial charge in [-0.05, 0) is 31.7 Å². The average molecular weight is 396 g/mol. The second-order valence-corrected chi connectivity index (χ2v) is 6.64. The van der Waals surface area contributed by atoms with Crippen LogP contribution in [0.5, 0.6) is 11.5 Å². The molecule has 0 spiro atoms. The number of phenols is 1. The maximum Gasteiger partial charge on any atom is 0.326 e. The Bertz CT molecular complexity index is 849. The number of non-ortho nitro benzene ring substituents is 1. The molecule has 144 valence electrons. The van der Waals surface area contributed by atoms with E-state index < -0.39 is 40.4 Å². The summed E-state index contributed by atoms with van der Waals surface area (Å²) in [5, 5.41) is 20.5. The van der Waals surface area contributed by atoms with Crippen molar-refractivity contribution >= 4 is 40.6 Å². The van der Waals surface area contributed by atoms with Crippen molar-refractivity contribution in [3.05, 3.63) is 32.7 Å². The number of methoxy groups -OCH3 is 1. The van der Waals surface area contributed by atoms with Gasteiger partial charge in [-0.15, -0.1) is 0 Å². The molecule has 1 aromatic rings. The molecule has 1 saturated heterocycles. The van der Waals surface area contributed by atoms with Crippen molar-refractivity contribution in [2.75, 3.05) is 13.7 Å². The molecule has 2 amide bonds. The first-order valence-corrected chi connectivity index (χ1v) is 8.46. The van der Waals surface area contributed by atoms with Gasteiger partial charge in [0.2, 0.25) is 0 Å². The number of esters is 1. The Balaban J connectivity index is 2.34. The van der Waals surface area contributed by atoms with Crippen LogP contribution in [0.3, 0.4) is 0 Å². The first-order valence-electron chi connectivity index (χ1n) is 7.64. The second kappa shape index (κ2) is 8.08. The van der Waals surface area contributed by atoms with Gasteiger partial charge in [-0.3, -0.25) is 29.4 Å². The Morgan fingerprint density at radius 1 is 1.41 bits per heavy atom. The number of thioether (sulfide) groups is 1. The van der Waals surface area contributed by atoms with Gasteiger partial charge in [-0.1, -0.05) is 0 Å². The number of carbonyl (C=O) groups excluding carboxylic acids is 3. The lowest BCUT2D eigenvalue weighted by Crippen LogP contribution is -2.35. The summed E-state index contributed by atoms with van der Waals surface area (Å²) in [7, 11) is 1.22. The summed E-state index contributed by atoms with van der Waals surface area (Å²) in [6.45, 7) is 2.71. The molecule has 1 N–H and O–H groups in total. The number of nitrogens with zero attached hydrogens (tertiary/aromatic N) is 2. The van der Waals surface area contributed by atoms with Gasteiger partial charge < -0.3 is 14.6 Å². The lowest BCUT2D eigenvalue weighted by atomic mass is 10.1. The van der Waals surface area contributed by atoms with Crippen molar-refractivity contribution in [3.8, 4) is 11.5 Å². The molecular weight excluding hydrogens is 380 g/mol. The van der Waals surface area contributed by atoms with Crippen molar-refractivity contribution < 1.29 is 33.9 Å². The molecule has 10 nitrogen and oxygen atoms in total. The predicted molar refractivity (Wildman–Crippen MR) is 95.2 cm³/mol. The summed E-state index contributed by atoms with van der Waals surface area (Å²) in [4.78, 5) is 47.0. The molecule has 0 saturated carbocycles. The number of nitro benzene ring substituents is 1. The number of aromatic hydroxyl groups is 1. The fourth-order valence-electron chi connectivity index (χ4n) is 2.19. The van der Waals surface area contributed by atoms with E-state index >= 15 is 0 Å². The third kappa shape index (κ3) is 4.56. The number of amides is 2. The number of hydrogen-bond donors (Lipinski definition) is 1. The summed E-state index contributed by atoms with van der Waals surface area (Å²) in [5.74, 6) is -2.09. The Morgan fingerprint density at radius 2 is 2.07 bits per heavy atom. The number of hydrogen-bond acceptors (Lipinski definition) is 9. The molecule has 1 fully saturated rings. The maximum atomic E-state index is 12.4. The molecule has 0 bridgehead atoms. The summed E-state index contributed by atoms with van der Waals surface area (Å²) < 4.78 is 9.79. The van der Waals surface area contributed by atoms with Gasteiger partial charge >= 0.3 is 5.97 Å². The Labute approximate surface area is 157 Å². The van der Waals surface area contributed by atoms with E-state index in [-0.39, 0.29) is 21.9 Å². The lowest BCUT2D eigenvalue weighted by Gasteiger charge is -2.13. The minimum Gasteiger partial charge on any atom is -0.504 e. The van der Waals surface area contributed by atoms with E-state index in [1.807, 2.05) is 0 Å². The summed E-state index contributed by atoms with van der Waals surface area (Å²) in [6, 6.07) is 2.07. The van der Waals surface area contributed by atoms with E-state index in [9.17, 15) is 29.6 Å². The first-order chi connectivity index (χ1) is 12.6. The van der Waals surface area contributed by atoms with Gasteiger partial charge in [-0.25, -0.2) is 0 Å². The molecule has 0 aromatic heterocycles. The van der Waals surface area contributed by atoms with E-state index in [1.54, 1.807) is 13.8 Å². The normalized spacial score (nSPS) is 15.6. The molecule has 1 aliphatic rings. The molecule has 0 aliphatic carbocycles. The Morgan fingerprint density at radius 3 is 2.63 bits per heavy atom. The third-order valence-corrected chi connectivity index (χ3v) is 4.24. The highest BCUT2D eigenvalue weighted by atomic mass is 32.2. The number of benzene rings is 1. The van der Waals surface area contributed by atoms with Crippen molar-refractivity contribution in [2.45, 2.75) is 20.0 Å². The number of rotatable bonds is 6. The lowest BCUT2D eigenvalue weighted by molar-refractivity contribution is -0.385. The molecule has 1 heterocycles. The fourth-order valence-corrected chi connectivity index (χ4v) is 3.02. The highest BCUT2D eigenvalue weighted by Crippen LogP contribution is 2.39. The topological polar surface area (TPSA) is 136 Å². The predicted octanol–water partition coefficient (Wildman–Crippen LogP) is 2.30. The number of imide groups is 1.